The molecule has 1 aliphatic rings. The number of nitrogens with one attached hydrogen (secondary N) is 2. The minimum absolute atomic E-state index is 0.0278. The molecule has 0 bridgehead atoms. The fraction of sp³-hybridized carbons (Fsp3) is 0.280. The van der Waals surface area contributed by atoms with Gasteiger partial charge in [0, 0.05) is 36.6 Å². The van der Waals surface area contributed by atoms with Gasteiger partial charge in [-0.3, -0.25) is 9.48 Å². The molecule has 1 atom stereocenters. The van der Waals surface area contributed by atoms with E-state index in [9.17, 15) is 18.0 Å². The molecule has 1 aliphatic carbocycles. The van der Waals surface area contributed by atoms with Crippen LogP contribution in [-0.2, 0) is 7.05 Å². The van der Waals surface area contributed by atoms with Gasteiger partial charge in [-0.25, -0.2) is 23.1 Å². The van der Waals surface area contributed by atoms with Gasteiger partial charge in [0.25, 0.3) is 5.91 Å². The van der Waals surface area contributed by atoms with E-state index >= 15 is 0 Å². The van der Waals surface area contributed by atoms with Crippen molar-refractivity contribution in [2.45, 2.75) is 31.1 Å². The number of aromatic nitrogens is 4. The number of nitrogens with zero attached hydrogens (tertiary/aromatic N) is 4. The number of hydrogen-bond donors (Lipinski definition) is 2. The van der Waals surface area contributed by atoms with E-state index in [2.05, 4.69) is 25.7 Å². The maximum Gasteiger partial charge on any atom is 0.252 e. The molecule has 1 saturated carbocycles. The van der Waals surface area contributed by atoms with Gasteiger partial charge in [-0.1, -0.05) is 6.07 Å². The molecule has 0 saturated heterocycles. The number of hydrogen-bond acceptors (Lipinski definition) is 6. The van der Waals surface area contributed by atoms with Crippen LogP contribution in [0.1, 0.15) is 40.4 Å². The van der Waals surface area contributed by atoms with Crippen LogP contribution in [0.4, 0.5) is 19.1 Å². The molecule has 0 unspecified atom stereocenters. The summed E-state index contributed by atoms with van der Waals surface area (Å²) < 4.78 is 49.0. The van der Waals surface area contributed by atoms with Crippen LogP contribution in [0.25, 0.3) is 10.9 Å². The lowest BCUT2D eigenvalue weighted by atomic mass is 9.91. The number of carbonyl (C=O) groups excluding carboxylic acids is 1. The number of halogens is 3. The number of amides is 1. The number of aryl methyl sites for hydroxylation is 1. The van der Waals surface area contributed by atoms with Gasteiger partial charge >= 0.3 is 0 Å². The highest BCUT2D eigenvalue weighted by molar-refractivity contribution is 5.98. The second-order valence-corrected chi connectivity index (χ2v) is 8.74. The van der Waals surface area contributed by atoms with Crippen molar-refractivity contribution in [1.29, 1.82) is 0 Å². The summed E-state index contributed by atoms with van der Waals surface area (Å²) >= 11 is 0. The third-order valence-corrected chi connectivity index (χ3v) is 6.17. The van der Waals surface area contributed by atoms with Crippen LogP contribution in [0.5, 0.6) is 5.75 Å². The Morgan fingerprint density at radius 1 is 1.14 bits per heavy atom. The Morgan fingerprint density at radius 3 is 2.61 bits per heavy atom. The zero-order valence-electron chi connectivity index (χ0n) is 19.5. The van der Waals surface area contributed by atoms with Crippen LogP contribution in [0.3, 0.4) is 0 Å². The molecule has 2 aromatic carbocycles. The predicted octanol–water partition coefficient (Wildman–Crippen LogP) is 4.08. The Labute approximate surface area is 204 Å². The van der Waals surface area contributed by atoms with E-state index in [1.807, 2.05) is 0 Å². The van der Waals surface area contributed by atoms with Gasteiger partial charge in [0.2, 0.25) is 5.95 Å². The summed E-state index contributed by atoms with van der Waals surface area (Å²) in [6.07, 6.45) is 4.46. The Bertz CT molecular complexity index is 1440. The van der Waals surface area contributed by atoms with Crippen molar-refractivity contribution in [1.82, 2.24) is 25.1 Å². The highest BCUT2D eigenvalue weighted by atomic mass is 19.1. The minimum atomic E-state index is -0.845. The van der Waals surface area contributed by atoms with Crippen molar-refractivity contribution in [2.24, 2.45) is 7.05 Å². The molecule has 36 heavy (non-hydrogen) atoms. The van der Waals surface area contributed by atoms with E-state index < -0.39 is 29.8 Å². The summed E-state index contributed by atoms with van der Waals surface area (Å²) in [7, 11) is 3.08. The third-order valence-electron chi connectivity index (χ3n) is 6.17. The fourth-order valence-corrected chi connectivity index (χ4v) is 4.17. The molecule has 0 spiro atoms. The van der Waals surface area contributed by atoms with Gasteiger partial charge in [0.15, 0.2) is 11.6 Å². The molecule has 1 fully saturated rings. The topological polar surface area (TPSA) is 94.0 Å². The average Bonchev–Trinajstić information content (AvgIpc) is 3.27. The van der Waals surface area contributed by atoms with Crippen LogP contribution < -0.4 is 15.4 Å². The largest absolute Gasteiger partial charge is 0.494 e. The number of benzene rings is 2. The van der Waals surface area contributed by atoms with Gasteiger partial charge in [-0.15, -0.1) is 0 Å². The predicted molar refractivity (Wildman–Crippen MR) is 127 cm³/mol. The van der Waals surface area contributed by atoms with Gasteiger partial charge in [0.1, 0.15) is 12.0 Å². The van der Waals surface area contributed by atoms with E-state index in [0.717, 1.165) is 6.07 Å². The Kier molecular flexibility index (Phi) is 6.21. The van der Waals surface area contributed by atoms with Gasteiger partial charge < -0.3 is 15.4 Å². The van der Waals surface area contributed by atoms with Crippen molar-refractivity contribution in [3.8, 4) is 5.75 Å². The molecule has 186 valence electrons. The quantitative estimate of drug-likeness (QED) is 0.401. The molecule has 2 aromatic heterocycles. The molecular formula is C25H23F3N6O2. The maximum absolute atomic E-state index is 14.8. The monoisotopic (exact) mass is 496 g/mol. The molecule has 0 aliphatic heterocycles. The molecule has 2 N–H and O–H groups in total. The first-order valence-electron chi connectivity index (χ1n) is 11.3. The number of ether oxygens (including phenoxy) is 1. The van der Waals surface area contributed by atoms with E-state index in [0.29, 0.717) is 24.0 Å². The standard InChI is InChI=1S/C25H23F3N6O2/c1-34-12-15(10-30-34)23(13-3-4-22(36-2)20(28)5-13)33-24(35)14-6-19(27)18-11-29-25(32-21(18)7-14)31-17-8-16(26)9-17/h3-7,10-12,16-17,23H,8-9H2,1-2H3,(H,33,35)(H,29,31,32)/t16?,17?,23-/m0/s1. The van der Waals surface area contributed by atoms with Crippen LogP contribution in [0.15, 0.2) is 48.9 Å². The van der Waals surface area contributed by atoms with E-state index in [-0.39, 0.29) is 34.2 Å². The molecule has 2 heterocycles. The van der Waals surface area contributed by atoms with Crippen molar-refractivity contribution in [3.05, 3.63) is 77.2 Å². The van der Waals surface area contributed by atoms with Gasteiger partial charge in [-0.05, 0) is 42.7 Å². The minimum Gasteiger partial charge on any atom is -0.494 e. The number of fused-ring (bicyclic) bond motifs is 1. The maximum atomic E-state index is 14.8. The molecular weight excluding hydrogens is 473 g/mol. The summed E-state index contributed by atoms with van der Waals surface area (Å²) in [5, 5.41) is 10.2. The Balaban J connectivity index is 1.45. The van der Waals surface area contributed by atoms with Crippen molar-refractivity contribution < 1.29 is 22.7 Å². The highest BCUT2D eigenvalue weighted by Crippen LogP contribution is 2.28. The van der Waals surface area contributed by atoms with E-state index in [1.54, 1.807) is 30.2 Å². The number of rotatable bonds is 7. The summed E-state index contributed by atoms with van der Waals surface area (Å²) in [4.78, 5) is 21.7. The second kappa shape index (κ2) is 9.48. The first kappa shape index (κ1) is 23.6. The normalized spacial score (nSPS) is 17.9. The lowest BCUT2D eigenvalue weighted by molar-refractivity contribution is 0.0942. The number of anilines is 1. The summed E-state index contributed by atoms with van der Waals surface area (Å²) in [6.45, 7) is 0. The lowest BCUT2D eigenvalue weighted by Gasteiger charge is -2.30. The number of methoxy groups -OCH3 is 1. The van der Waals surface area contributed by atoms with E-state index in [4.69, 9.17) is 4.74 Å². The van der Waals surface area contributed by atoms with Crippen molar-refractivity contribution in [3.63, 3.8) is 0 Å². The first-order valence-corrected chi connectivity index (χ1v) is 11.3. The van der Waals surface area contributed by atoms with Crippen LogP contribution >= 0.6 is 0 Å². The fourth-order valence-electron chi connectivity index (χ4n) is 4.17. The molecule has 4 aromatic rings. The molecule has 11 heteroatoms. The molecule has 0 radical (unpaired) electrons. The van der Waals surface area contributed by atoms with E-state index in [1.165, 1.54) is 31.5 Å². The zero-order valence-corrected chi connectivity index (χ0v) is 19.5. The number of alkyl halides is 1. The lowest BCUT2D eigenvalue weighted by Crippen LogP contribution is -2.37. The first-order chi connectivity index (χ1) is 17.3. The zero-order chi connectivity index (χ0) is 25.4. The highest BCUT2D eigenvalue weighted by Gasteiger charge is 2.29. The van der Waals surface area contributed by atoms with Gasteiger partial charge in [-0.2, -0.15) is 5.10 Å². The molecule has 1 amide bonds. The second-order valence-electron chi connectivity index (χ2n) is 8.74. The van der Waals surface area contributed by atoms with Crippen LogP contribution in [0, 0.1) is 11.6 Å². The summed E-state index contributed by atoms with van der Waals surface area (Å²) in [6, 6.07) is 6.07. The Hall–Kier alpha value is -4.15. The SMILES string of the molecule is COc1ccc([C@H](NC(=O)c2cc(F)c3cnc(NC4CC(F)C4)nc3c2)c2cnn(C)c2)cc1F. The number of carbonyl (C=O) groups is 1. The summed E-state index contributed by atoms with van der Waals surface area (Å²) in [5.74, 6) is -1.53. The van der Waals surface area contributed by atoms with Crippen molar-refractivity contribution in [2.75, 3.05) is 12.4 Å². The average molecular weight is 496 g/mol. The van der Waals surface area contributed by atoms with Crippen LogP contribution in [-0.4, -0.2) is 45.0 Å². The molecule has 8 nitrogen and oxygen atoms in total. The smallest absolute Gasteiger partial charge is 0.252 e. The van der Waals surface area contributed by atoms with Crippen molar-refractivity contribution >= 4 is 22.8 Å². The Morgan fingerprint density at radius 2 is 1.94 bits per heavy atom. The third kappa shape index (κ3) is 4.68. The van der Waals surface area contributed by atoms with Crippen LogP contribution in [0.2, 0.25) is 0 Å². The summed E-state index contributed by atoms with van der Waals surface area (Å²) in [5.41, 5.74) is 1.32. The molecule has 5 rings (SSSR count). The van der Waals surface area contributed by atoms with Gasteiger partial charge in [0.05, 0.1) is 30.3 Å².